The SMILES string of the molecule is CCOc1cc([C@@H]2NC(=O)c3c(sc4c3CC[C@H](C(C)(C)C)C4)N2)cc(Cl)c1O. The Kier molecular flexibility index (Phi) is 5.20. The van der Waals surface area contributed by atoms with E-state index in [9.17, 15) is 9.90 Å². The molecule has 2 atom stereocenters. The normalized spacial score (nSPS) is 21.1. The quantitative estimate of drug-likeness (QED) is 0.595. The Morgan fingerprint density at radius 3 is 2.76 bits per heavy atom. The van der Waals surface area contributed by atoms with Crippen molar-refractivity contribution in [3.63, 3.8) is 0 Å². The van der Waals surface area contributed by atoms with Crippen LogP contribution in [0.15, 0.2) is 12.1 Å². The number of rotatable bonds is 3. The third kappa shape index (κ3) is 3.68. The van der Waals surface area contributed by atoms with Crippen molar-refractivity contribution in [2.75, 3.05) is 11.9 Å². The van der Waals surface area contributed by atoms with Gasteiger partial charge in [-0.05, 0) is 60.8 Å². The number of fused-ring (bicyclic) bond motifs is 3. The molecule has 0 spiro atoms. The fourth-order valence-electron chi connectivity index (χ4n) is 4.23. The van der Waals surface area contributed by atoms with E-state index in [-0.39, 0.29) is 22.1 Å². The van der Waals surface area contributed by atoms with Crippen molar-refractivity contribution in [2.45, 2.75) is 53.1 Å². The summed E-state index contributed by atoms with van der Waals surface area (Å²) < 4.78 is 5.48. The van der Waals surface area contributed by atoms with Gasteiger partial charge in [0, 0.05) is 4.88 Å². The van der Waals surface area contributed by atoms with Crippen LogP contribution in [0.4, 0.5) is 5.00 Å². The standard InChI is InChI=1S/C22H27ClN2O3S/c1-5-28-15-9-11(8-14(23)18(15)26)19-24-20(27)17-13-7-6-12(22(2,3)4)10-16(13)29-21(17)25-19/h8-9,12,19,25-26H,5-7,10H2,1-4H3,(H,24,27)/t12-,19+/m0/s1. The molecule has 5 nitrogen and oxygen atoms in total. The number of ether oxygens (including phenoxy) is 1. The zero-order chi connectivity index (χ0) is 20.9. The highest BCUT2D eigenvalue weighted by atomic mass is 35.5. The highest BCUT2D eigenvalue weighted by Crippen LogP contribution is 2.46. The van der Waals surface area contributed by atoms with Crippen LogP contribution in [-0.4, -0.2) is 17.6 Å². The van der Waals surface area contributed by atoms with Gasteiger partial charge in [0.25, 0.3) is 5.91 Å². The van der Waals surface area contributed by atoms with Crippen LogP contribution in [0.2, 0.25) is 5.02 Å². The van der Waals surface area contributed by atoms with Crippen LogP contribution in [0, 0.1) is 11.3 Å². The van der Waals surface area contributed by atoms with Gasteiger partial charge in [-0.15, -0.1) is 11.3 Å². The molecule has 4 rings (SSSR count). The molecule has 2 aromatic rings. The van der Waals surface area contributed by atoms with Crippen molar-refractivity contribution in [3.05, 3.63) is 38.7 Å². The van der Waals surface area contributed by atoms with Gasteiger partial charge in [-0.25, -0.2) is 0 Å². The molecule has 29 heavy (non-hydrogen) atoms. The number of anilines is 1. The summed E-state index contributed by atoms with van der Waals surface area (Å²) in [5.41, 5.74) is 3.00. The number of halogens is 1. The third-order valence-electron chi connectivity index (χ3n) is 5.95. The first-order valence-corrected chi connectivity index (χ1v) is 11.3. The molecule has 2 heterocycles. The summed E-state index contributed by atoms with van der Waals surface area (Å²) in [7, 11) is 0. The van der Waals surface area contributed by atoms with E-state index in [2.05, 4.69) is 31.4 Å². The second-order valence-corrected chi connectivity index (χ2v) is 10.4. The van der Waals surface area contributed by atoms with E-state index in [4.69, 9.17) is 16.3 Å². The molecule has 0 fully saturated rings. The fourth-order valence-corrected chi connectivity index (χ4v) is 5.80. The van der Waals surface area contributed by atoms with Gasteiger partial charge < -0.3 is 20.5 Å². The smallest absolute Gasteiger partial charge is 0.256 e. The lowest BCUT2D eigenvalue weighted by Gasteiger charge is -2.34. The van der Waals surface area contributed by atoms with Crippen molar-refractivity contribution in [1.82, 2.24) is 5.32 Å². The molecule has 1 aliphatic heterocycles. The Labute approximate surface area is 180 Å². The monoisotopic (exact) mass is 434 g/mol. The van der Waals surface area contributed by atoms with Gasteiger partial charge in [-0.2, -0.15) is 0 Å². The van der Waals surface area contributed by atoms with Crippen molar-refractivity contribution < 1.29 is 14.6 Å². The summed E-state index contributed by atoms with van der Waals surface area (Å²) in [5, 5.41) is 17.7. The molecule has 0 saturated heterocycles. The fraction of sp³-hybridized carbons (Fsp3) is 0.500. The lowest BCUT2D eigenvalue weighted by atomic mass is 9.72. The number of phenolic OH excluding ortho intramolecular Hbond substituents is 1. The molecule has 1 aromatic carbocycles. The van der Waals surface area contributed by atoms with Crippen LogP contribution in [0.25, 0.3) is 0 Å². The topological polar surface area (TPSA) is 70.6 Å². The van der Waals surface area contributed by atoms with Crippen molar-refractivity contribution in [1.29, 1.82) is 0 Å². The van der Waals surface area contributed by atoms with Gasteiger partial charge >= 0.3 is 0 Å². The molecule has 0 bridgehead atoms. The van der Waals surface area contributed by atoms with E-state index in [1.807, 2.05) is 6.92 Å². The maximum Gasteiger partial charge on any atom is 0.256 e. The highest BCUT2D eigenvalue weighted by molar-refractivity contribution is 7.16. The summed E-state index contributed by atoms with van der Waals surface area (Å²) in [6.07, 6.45) is 2.66. The molecular weight excluding hydrogens is 408 g/mol. The average molecular weight is 435 g/mol. The van der Waals surface area contributed by atoms with Gasteiger partial charge in [-0.3, -0.25) is 4.79 Å². The number of thiophene rings is 1. The Bertz CT molecular complexity index is 964. The first-order chi connectivity index (χ1) is 13.7. The summed E-state index contributed by atoms with van der Waals surface area (Å²) in [5.74, 6) is 0.798. The van der Waals surface area contributed by atoms with Crippen molar-refractivity contribution in [3.8, 4) is 11.5 Å². The zero-order valence-electron chi connectivity index (χ0n) is 17.2. The summed E-state index contributed by atoms with van der Waals surface area (Å²) in [6.45, 7) is 9.13. The minimum atomic E-state index is -0.425. The number of nitrogens with one attached hydrogen (secondary N) is 2. The van der Waals surface area contributed by atoms with E-state index in [1.165, 1.54) is 10.4 Å². The number of phenols is 1. The number of carbonyl (C=O) groups excluding carboxylic acids is 1. The number of carbonyl (C=O) groups is 1. The van der Waals surface area contributed by atoms with E-state index < -0.39 is 6.17 Å². The first-order valence-electron chi connectivity index (χ1n) is 10.1. The van der Waals surface area contributed by atoms with Crippen LogP contribution in [0.5, 0.6) is 11.5 Å². The number of amides is 1. The lowest BCUT2D eigenvalue weighted by Crippen LogP contribution is -2.38. The molecule has 2 aliphatic rings. The maximum atomic E-state index is 13.0. The van der Waals surface area contributed by atoms with Gasteiger partial charge in [0.15, 0.2) is 11.5 Å². The third-order valence-corrected chi connectivity index (χ3v) is 7.43. The highest BCUT2D eigenvalue weighted by Gasteiger charge is 2.36. The minimum Gasteiger partial charge on any atom is -0.503 e. The molecule has 1 amide bonds. The number of aromatic hydroxyl groups is 1. The number of hydrogen-bond donors (Lipinski definition) is 3. The Hall–Kier alpha value is -1.92. The molecule has 0 saturated carbocycles. The predicted octanol–water partition coefficient (Wildman–Crippen LogP) is 5.51. The maximum absolute atomic E-state index is 13.0. The Morgan fingerprint density at radius 1 is 1.31 bits per heavy atom. The van der Waals surface area contributed by atoms with Gasteiger partial charge in [0.05, 0.1) is 17.2 Å². The number of hydrogen-bond acceptors (Lipinski definition) is 5. The molecule has 1 aromatic heterocycles. The second-order valence-electron chi connectivity index (χ2n) is 8.85. The molecule has 0 radical (unpaired) electrons. The average Bonchev–Trinajstić information content (AvgIpc) is 3.02. The zero-order valence-corrected chi connectivity index (χ0v) is 18.8. The van der Waals surface area contributed by atoms with E-state index >= 15 is 0 Å². The van der Waals surface area contributed by atoms with Crippen molar-refractivity contribution >= 4 is 33.8 Å². The Morgan fingerprint density at radius 2 is 2.07 bits per heavy atom. The minimum absolute atomic E-state index is 0.0578. The molecule has 156 valence electrons. The Balaban J connectivity index is 1.65. The van der Waals surface area contributed by atoms with Crippen LogP contribution < -0.4 is 15.4 Å². The second kappa shape index (κ2) is 7.40. The van der Waals surface area contributed by atoms with Crippen molar-refractivity contribution in [2.24, 2.45) is 11.3 Å². The van der Waals surface area contributed by atoms with Crippen LogP contribution in [-0.2, 0) is 12.8 Å². The van der Waals surface area contributed by atoms with Gasteiger partial charge in [0.2, 0.25) is 0 Å². The van der Waals surface area contributed by atoms with Gasteiger partial charge in [0.1, 0.15) is 11.2 Å². The summed E-state index contributed by atoms with van der Waals surface area (Å²) in [4.78, 5) is 14.3. The van der Waals surface area contributed by atoms with Crippen LogP contribution >= 0.6 is 22.9 Å². The molecule has 3 N–H and O–H groups in total. The van der Waals surface area contributed by atoms with Gasteiger partial charge in [-0.1, -0.05) is 32.4 Å². The largest absolute Gasteiger partial charge is 0.503 e. The van der Waals surface area contributed by atoms with E-state index in [1.54, 1.807) is 23.5 Å². The van der Waals surface area contributed by atoms with E-state index in [0.29, 0.717) is 18.3 Å². The summed E-state index contributed by atoms with van der Waals surface area (Å²) >= 11 is 7.88. The number of benzene rings is 1. The molecule has 7 heteroatoms. The molecule has 1 aliphatic carbocycles. The lowest BCUT2D eigenvalue weighted by molar-refractivity contribution is 0.0934. The molecule has 0 unspecified atom stereocenters. The van der Waals surface area contributed by atoms with Crippen LogP contribution in [0.1, 0.15) is 66.6 Å². The van der Waals surface area contributed by atoms with E-state index in [0.717, 1.165) is 35.4 Å². The summed E-state index contributed by atoms with van der Waals surface area (Å²) in [6, 6.07) is 3.38. The predicted molar refractivity (Wildman–Crippen MR) is 117 cm³/mol. The molecular formula is C22H27ClN2O3S. The first kappa shape index (κ1) is 20.4. The van der Waals surface area contributed by atoms with Crippen LogP contribution in [0.3, 0.4) is 0 Å².